The summed E-state index contributed by atoms with van der Waals surface area (Å²) in [5.41, 5.74) is 2.48. The largest absolute Gasteiger partial charge is 0.497 e. The summed E-state index contributed by atoms with van der Waals surface area (Å²) in [6.45, 7) is 3.85. The maximum atomic E-state index is 5.49. The fraction of sp³-hybridized carbons (Fsp3) is 0.583. The highest BCUT2D eigenvalue weighted by atomic mass is 16.5. The second-order valence-corrected chi connectivity index (χ2v) is 4.22. The van der Waals surface area contributed by atoms with Crippen LogP contribution in [0.4, 0.5) is 0 Å². The molecule has 0 saturated heterocycles. The first-order valence-corrected chi connectivity index (χ1v) is 5.76. The van der Waals surface area contributed by atoms with E-state index in [0.717, 1.165) is 25.9 Å². The highest BCUT2D eigenvalue weighted by Gasteiger charge is 2.10. The van der Waals surface area contributed by atoms with E-state index >= 15 is 0 Å². The van der Waals surface area contributed by atoms with Crippen molar-refractivity contribution in [1.82, 2.24) is 15.1 Å². The smallest absolute Gasteiger partial charge is 0.110 e. The standard InChI is InChI=1S/C12H19N3O/c1-10-11(8-14-15(10)2)7-13-9-12-5-3-4-6-16-12/h4,6,8,12-13H,3,5,7,9H2,1-2H3. The summed E-state index contributed by atoms with van der Waals surface area (Å²) in [6, 6.07) is 0. The van der Waals surface area contributed by atoms with Gasteiger partial charge in [0.1, 0.15) is 6.10 Å². The van der Waals surface area contributed by atoms with Gasteiger partial charge < -0.3 is 10.1 Å². The Morgan fingerprint density at radius 1 is 1.62 bits per heavy atom. The van der Waals surface area contributed by atoms with Gasteiger partial charge in [0.2, 0.25) is 0 Å². The Hall–Kier alpha value is -1.29. The van der Waals surface area contributed by atoms with Gasteiger partial charge in [0.25, 0.3) is 0 Å². The van der Waals surface area contributed by atoms with Crippen LogP contribution < -0.4 is 5.32 Å². The molecule has 1 aromatic heterocycles. The van der Waals surface area contributed by atoms with Crippen LogP contribution in [-0.4, -0.2) is 22.4 Å². The van der Waals surface area contributed by atoms with Crippen molar-refractivity contribution in [3.8, 4) is 0 Å². The number of aryl methyl sites for hydroxylation is 1. The van der Waals surface area contributed by atoms with Gasteiger partial charge in [-0.25, -0.2) is 0 Å². The molecule has 1 unspecified atom stereocenters. The maximum absolute atomic E-state index is 5.49. The van der Waals surface area contributed by atoms with Gasteiger partial charge in [0, 0.05) is 31.4 Å². The predicted molar refractivity (Wildman–Crippen MR) is 62.9 cm³/mol. The average molecular weight is 221 g/mol. The lowest BCUT2D eigenvalue weighted by molar-refractivity contribution is 0.122. The van der Waals surface area contributed by atoms with E-state index in [9.17, 15) is 0 Å². The third-order valence-corrected chi connectivity index (χ3v) is 3.05. The first kappa shape index (κ1) is 11.2. The molecule has 0 radical (unpaired) electrons. The zero-order valence-corrected chi connectivity index (χ0v) is 9.94. The van der Waals surface area contributed by atoms with Crippen LogP contribution in [0.5, 0.6) is 0 Å². The van der Waals surface area contributed by atoms with Gasteiger partial charge in [-0.3, -0.25) is 4.68 Å². The third-order valence-electron chi connectivity index (χ3n) is 3.05. The second-order valence-electron chi connectivity index (χ2n) is 4.22. The van der Waals surface area contributed by atoms with Crippen LogP contribution in [0.15, 0.2) is 18.5 Å². The Morgan fingerprint density at radius 3 is 3.12 bits per heavy atom. The molecule has 1 aliphatic heterocycles. The van der Waals surface area contributed by atoms with E-state index in [0.29, 0.717) is 6.10 Å². The molecule has 0 bridgehead atoms. The molecule has 0 spiro atoms. The normalized spacial score (nSPS) is 19.8. The van der Waals surface area contributed by atoms with Crippen LogP contribution in [0.2, 0.25) is 0 Å². The van der Waals surface area contributed by atoms with Crippen LogP contribution in [0.3, 0.4) is 0 Å². The molecule has 0 aromatic carbocycles. The van der Waals surface area contributed by atoms with E-state index in [1.165, 1.54) is 11.3 Å². The number of nitrogens with one attached hydrogen (secondary N) is 1. The minimum atomic E-state index is 0.321. The summed E-state index contributed by atoms with van der Waals surface area (Å²) >= 11 is 0. The average Bonchev–Trinajstić information content (AvgIpc) is 2.62. The SMILES string of the molecule is Cc1c(CNCC2CCC=CO2)cnn1C. The van der Waals surface area contributed by atoms with Crippen molar-refractivity contribution in [2.45, 2.75) is 32.4 Å². The summed E-state index contributed by atoms with van der Waals surface area (Å²) in [5.74, 6) is 0. The van der Waals surface area contributed by atoms with Gasteiger partial charge in [0.05, 0.1) is 12.5 Å². The topological polar surface area (TPSA) is 39.1 Å². The molecule has 1 N–H and O–H groups in total. The van der Waals surface area contributed by atoms with Gasteiger partial charge in [-0.2, -0.15) is 5.10 Å². The van der Waals surface area contributed by atoms with E-state index in [4.69, 9.17) is 4.74 Å². The summed E-state index contributed by atoms with van der Waals surface area (Å²) in [7, 11) is 1.97. The Bertz CT molecular complexity index is 370. The molecular weight excluding hydrogens is 202 g/mol. The summed E-state index contributed by atoms with van der Waals surface area (Å²) in [5, 5.41) is 7.63. The van der Waals surface area contributed by atoms with Crippen LogP contribution in [0.25, 0.3) is 0 Å². The Morgan fingerprint density at radius 2 is 2.50 bits per heavy atom. The minimum absolute atomic E-state index is 0.321. The van der Waals surface area contributed by atoms with Crippen LogP contribution in [-0.2, 0) is 18.3 Å². The minimum Gasteiger partial charge on any atom is -0.497 e. The second kappa shape index (κ2) is 5.16. The van der Waals surface area contributed by atoms with Crippen molar-refractivity contribution in [3.05, 3.63) is 29.8 Å². The first-order valence-electron chi connectivity index (χ1n) is 5.76. The van der Waals surface area contributed by atoms with Crippen molar-refractivity contribution in [1.29, 1.82) is 0 Å². The monoisotopic (exact) mass is 221 g/mol. The number of hydrogen-bond acceptors (Lipinski definition) is 3. The molecule has 1 atom stereocenters. The Labute approximate surface area is 96.3 Å². The van der Waals surface area contributed by atoms with Crippen molar-refractivity contribution in [2.24, 2.45) is 7.05 Å². The zero-order chi connectivity index (χ0) is 11.4. The number of ether oxygens (including phenoxy) is 1. The van der Waals surface area contributed by atoms with Crippen molar-refractivity contribution >= 4 is 0 Å². The van der Waals surface area contributed by atoms with E-state index in [1.54, 1.807) is 0 Å². The van der Waals surface area contributed by atoms with Gasteiger partial charge in [-0.1, -0.05) is 0 Å². The highest BCUT2D eigenvalue weighted by molar-refractivity contribution is 5.15. The summed E-state index contributed by atoms with van der Waals surface area (Å²) < 4.78 is 7.39. The highest BCUT2D eigenvalue weighted by Crippen LogP contribution is 2.10. The fourth-order valence-electron chi connectivity index (χ4n) is 1.82. The number of aromatic nitrogens is 2. The molecule has 16 heavy (non-hydrogen) atoms. The van der Waals surface area contributed by atoms with Crippen LogP contribution >= 0.6 is 0 Å². The molecule has 0 amide bonds. The quantitative estimate of drug-likeness (QED) is 0.837. The maximum Gasteiger partial charge on any atom is 0.110 e. The van der Waals surface area contributed by atoms with E-state index in [-0.39, 0.29) is 0 Å². The molecular formula is C12H19N3O. The zero-order valence-electron chi connectivity index (χ0n) is 9.94. The number of rotatable bonds is 4. The Balaban J connectivity index is 1.75. The molecule has 4 heteroatoms. The molecule has 0 fully saturated rings. The predicted octanol–water partition coefficient (Wildman–Crippen LogP) is 1.51. The Kier molecular flexibility index (Phi) is 3.62. The molecule has 1 aromatic rings. The third kappa shape index (κ3) is 2.64. The van der Waals surface area contributed by atoms with Crippen molar-refractivity contribution < 1.29 is 4.74 Å². The first-order chi connectivity index (χ1) is 7.77. The van der Waals surface area contributed by atoms with Gasteiger partial charge in [0.15, 0.2) is 0 Å². The summed E-state index contributed by atoms with van der Waals surface area (Å²) in [4.78, 5) is 0. The molecule has 88 valence electrons. The van der Waals surface area contributed by atoms with E-state index in [1.807, 2.05) is 24.2 Å². The number of hydrogen-bond donors (Lipinski definition) is 1. The fourth-order valence-corrected chi connectivity index (χ4v) is 1.82. The lowest BCUT2D eigenvalue weighted by Crippen LogP contribution is -2.28. The van der Waals surface area contributed by atoms with Gasteiger partial charge in [-0.15, -0.1) is 0 Å². The molecule has 1 aliphatic rings. The molecule has 2 rings (SSSR count). The lowest BCUT2D eigenvalue weighted by Gasteiger charge is -2.19. The van der Waals surface area contributed by atoms with Crippen LogP contribution in [0.1, 0.15) is 24.1 Å². The number of nitrogens with zero attached hydrogens (tertiary/aromatic N) is 2. The molecule has 2 heterocycles. The van der Waals surface area contributed by atoms with E-state index in [2.05, 4.69) is 23.4 Å². The molecule has 4 nitrogen and oxygen atoms in total. The number of allylic oxidation sites excluding steroid dienone is 1. The van der Waals surface area contributed by atoms with Gasteiger partial charge >= 0.3 is 0 Å². The van der Waals surface area contributed by atoms with E-state index < -0.39 is 0 Å². The van der Waals surface area contributed by atoms with Gasteiger partial charge in [-0.05, 0) is 25.8 Å². The molecule has 0 aliphatic carbocycles. The van der Waals surface area contributed by atoms with Crippen molar-refractivity contribution in [2.75, 3.05) is 6.54 Å². The summed E-state index contributed by atoms with van der Waals surface area (Å²) in [6.07, 6.45) is 8.35. The van der Waals surface area contributed by atoms with Crippen LogP contribution in [0, 0.1) is 6.92 Å². The lowest BCUT2D eigenvalue weighted by atomic mass is 10.1. The van der Waals surface area contributed by atoms with Crippen molar-refractivity contribution in [3.63, 3.8) is 0 Å². The molecule has 0 saturated carbocycles.